The minimum atomic E-state index is -0.750. The summed E-state index contributed by atoms with van der Waals surface area (Å²) in [5, 5.41) is 18.9. The van der Waals surface area contributed by atoms with E-state index >= 15 is 0 Å². The summed E-state index contributed by atoms with van der Waals surface area (Å²) in [4.78, 5) is 11.4. The molecule has 0 bridgehead atoms. The molecular weight excluding hydrogens is 381 g/mol. The predicted molar refractivity (Wildman–Crippen MR) is 105 cm³/mol. The minimum Gasteiger partial charge on any atom is -0.491 e. The van der Waals surface area contributed by atoms with Crippen LogP contribution in [0.15, 0.2) is 53.7 Å². The average Bonchev–Trinajstić information content (AvgIpc) is 3.05. The van der Waals surface area contributed by atoms with Gasteiger partial charge in [0.15, 0.2) is 16.8 Å². The normalized spacial score (nSPS) is 12.0. The Kier molecular flexibility index (Phi) is 6.43. The predicted octanol–water partition coefficient (Wildman–Crippen LogP) is 3.36. The van der Waals surface area contributed by atoms with Crippen molar-refractivity contribution in [3.8, 4) is 17.1 Å². The first-order chi connectivity index (χ1) is 13.5. The number of Topliss-reactive ketones (excluding diaryl/α,β-unsaturated/α-hetero) is 1. The van der Waals surface area contributed by atoms with Gasteiger partial charge in [-0.15, -0.1) is 10.2 Å². The van der Waals surface area contributed by atoms with Gasteiger partial charge in [0.05, 0.1) is 11.7 Å². The van der Waals surface area contributed by atoms with Crippen LogP contribution in [0.5, 0.6) is 5.75 Å². The average molecular weight is 401 g/mol. The fourth-order valence-corrected chi connectivity index (χ4v) is 3.35. The number of hydrogen-bond donors (Lipinski definition) is 1. The summed E-state index contributed by atoms with van der Waals surface area (Å²) in [5.74, 6) is 0.866. The smallest absolute Gasteiger partial charge is 0.191 e. The third kappa shape index (κ3) is 4.76. The standard InChI is InChI=1S/C20H20FN3O3S/c1-13(25)14-6-5-7-16(10-14)27-11-15(26)12-28-20-23-22-19(24(20)2)17-8-3-4-9-18(17)21/h3-10,15,26H,11-12H2,1-2H3/t15-/m0/s1. The SMILES string of the molecule is CC(=O)c1cccc(OC[C@H](O)CSc2nnc(-c3ccccc3F)n2C)c1. The Morgan fingerprint density at radius 2 is 2.04 bits per heavy atom. The monoisotopic (exact) mass is 401 g/mol. The van der Waals surface area contributed by atoms with Crippen molar-refractivity contribution in [2.45, 2.75) is 18.2 Å². The molecule has 0 spiro atoms. The lowest BCUT2D eigenvalue weighted by Crippen LogP contribution is -2.20. The summed E-state index contributed by atoms with van der Waals surface area (Å²) in [5.41, 5.74) is 0.930. The van der Waals surface area contributed by atoms with Crippen LogP contribution < -0.4 is 4.74 Å². The number of rotatable bonds is 8. The molecule has 146 valence electrons. The lowest BCUT2D eigenvalue weighted by Gasteiger charge is -2.12. The maximum Gasteiger partial charge on any atom is 0.191 e. The van der Waals surface area contributed by atoms with Crippen LogP contribution >= 0.6 is 11.8 Å². The van der Waals surface area contributed by atoms with E-state index in [2.05, 4.69) is 10.2 Å². The number of aromatic nitrogens is 3. The van der Waals surface area contributed by atoms with Gasteiger partial charge >= 0.3 is 0 Å². The quantitative estimate of drug-likeness (QED) is 0.461. The molecule has 28 heavy (non-hydrogen) atoms. The Labute approximate surface area is 166 Å². The summed E-state index contributed by atoms with van der Waals surface area (Å²) in [6.07, 6.45) is -0.750. The minimum absolute atomic E-state index is 0.0468. The zero-order valence-corrected chi connectivity index (χ0v) is 16.3. The first-order valence-corrected chi connectivity index (χ1v) is 9.63. The van der Waals surface area contributed by atoms with Crippen LogP contribution in [0.25, 0.3) is 11.4 Å². The highest BCUT2D eigenvalue weighted by Crippen LogP contribution is 2.25. The van der Waals surface area contributed by atoms with Crippen molar-refractivity contribution in [1.82, 2.24) is 14.8 Å². The molecule has 0 aliphatic rings. The summed E-state index contributed by atoms with van der Waals surface area (Å²) in [7, 11) is 1.75. The number of carbonyl (C=O) groups is 1. The Hall–Kier alpha value is -2.71. The second kappa shape index (κ2) is 8.99. The molecule has 0 radical (unpaired) electrons. The molecule has 1 heterocycles. The third-order valence-corrected chi connectivity index (χ3v) is 5.20. The fraction of sp³-hybridized carbons (Fsp3) is 0.250. The zero-order valence-electron chi connectivity index (χ0n) is 15.5. The number of hydrogen-bond acceptors (Lipinski definition) is 6. The molecule has 0 aliphatic heterocycles. The van der Waals surface area contributed by atoms with E-state index in [-0.39, 0.29) is 18.2 Å². The molecule has 0 amide bonds. The number of halogens is 1. The molecule has 0 saturated carbocycles. The van der Waals surface area contributed by atoms with E-state index in [0.717, 1.165) is 0 Å². The molecule has 6 nitrogen and oxygen atoms in total. The van der Waals surface area contributed by atoms with Gasteiger partial charge in [0.1, 0.15) is 18.2 Å². The van der Waals surface area contributed by atoms with Crippen molar-refractivity contribution in [3.63, 3.8) is 0 Å². The topological polar surface area (TPSA) is 77.2 Å². The molecule has 3 aromatic rings. The van der Waals surface area contributed by atoms with Crippen LogP contribution in [-0.4, -0.2) is 44.1 Å². The van der Waals surface area contributed by atoms with E-state index in [1.54, 1.807) is 54.1 Å². The van der Waals surface area contributed by atoms with Gasteiger partial charge in [0.2, 0.25) is 0 Å². The lowest BCUT2D eigenvalue weighted by molar-refractivity contribution is 0.101. The van der Waals surface area contributed by atoms with Gasteiger partial charge in [-0.05, 0) is 31.2 Å². The van der Waals surface area contributed by atoms with Crippen molar-refractivity contribution in [2.24, 2.45) is 7.05 Å². The number of aliphatic hydroxyl groups excluding tert-OH is 1. The van der Waals surface area contributed by atoms with Gasteiger partial charge in [-0.25, -0.2) is 4.39 Å². The summed E-state index contributed by atoms with van der Waals surface area (Å²) in [6.45, 7) is 1.56. The van der Waals surface area contributed by atoms with Crippen LogP contribution in [0.4, 0.5) is 4.39 Å². The van der Waals surface area contributed by atoms with Crippen molar-refractivity contribution in [1.29, 1.82) is 0 Å². The van der Waals surface area contributed by atoms with Crippen molar-refractivity contribution < 1.29 is 19.0 Å². The molecule has 1 aromatic heterocycles. The molecule has 0 fully saturated rings. The third-order valence-electron chi connectivity index (χ3n) is 4.04. The molecule has 1 atom stereocenters. The number of thioether (sulfide) groups is 1. The molecule has 1 N–H and O–H groups in total. The van der Waals surface area contributed by atoms with Crippen LogP contribution in [0, 0.1) is 5.82 Å². The van der Waals surface area contributed by atoms with E-state index in [4.69, 9.17) is 4.74 Å². The van der Waals surface area contributed by atoms with E-state index in [0.29, 0.717) is 33.6 Å². The van der Waals surface area contributed by atoms with Crippen molar-refractivity contribution in [3.05, 3.63) is 59.9 Å². The van der Waals surface area contributed by atoms with E-state index in [1.165, 1.54) is 24.8 Å². The Morgan fingerprint density at radius 1 is 1.25 bits per heavy atom. The van der Waals surface area contributed by atoms with Crippen LogP contribution in [0.3, 0.4) is 0 Å². The Balaban J connectivity index is 1.57. The summed E-state index contributed by atoms with van der Waals surface area (Å²) < 4.78 is 21.2. The van der Waals surface area contributed by atoms with Crippen molar-refractivity contribution in [2.75, 3.05) is 12.4 Å². The number of ketones is 1. The number of ether oxygens (including phenoxy) is 1. The highest BCUT2D eigenvalue weighted by Gasteiger charge is 2.16. The van der Waals surface area contributed by atoms with E-state index < -0.39 is 6.10 Å². The highest BCUT2D eigenvalue weighted by molar-refractivity contribution is 7.99. The second-order valence-electron chi connectivity index (χ2n) is 6.20. The maximum atomic E-state index is 14.0. The van der Waals surface area contributed by atoms with Gasteiger partial charge in [-0.3, -0.25) is 4.79 Å². The van der Waals surface area contributed by atoms with Gasteiger partial charge in [-0.1, -0.05) is 36.0 Å². The van der Waals surface area contributed by atoms with E-state index in [9.17, 15) is 14.3 Å². The van der Waals surface area contributed by atoms with E-state index in [1.807, 2.05) is 0 Å². The lowest BCUT2D eigenvalue weighted by atomic mass is 10.1. The zero-order chi connectivity index (χ0) is 20.1. The number of carbonyl (C=O) groups excluding carboxylic acids is 1. The Morgan fingerprint density at radius 3 is 2.79 bits per heavy atom. The molecule has 3 rings (SSSR count). The first-order valence-electron chi connectivity index (χ1n) is 8.64. The van der Waals surface area contributed by atoms with Crippen LogP contribution in [0.2, 0.25) is 0 Å². The molecular formula is C20H20FN3O3S. The fourth-order valence-electron chi connectivity index (χ4n) is 2.53. The molecule has 2 aromatic carbocycles. The number of aliphatic hydroxyl groups is 1. The van der Waals surface area contributed by atoms with Gasteiger partial charge in [0.25, 0.3) is 0 Å². The molecule has 0 saturated heterocycles. The second-order valence-corrected chi connectivity index (χ2v) is 7.19. The van der Waals surface area contributed by atoms with Crippen LogP contribution in [0.1, 0.15) is 17.3 Å². The molecule has 8 heteroatoms. The molecule has 0 aliphatic carbocycles. The van der Waals surface area contributed by atoms with Crippen LogP contribution in [-0.2, 0) is 7.05 Å². The van der Waals surface area contributed by atoms with Gasteiger partial charge in [0, 0.05) is 18.4 Å². The van der Waals surface area contributed by atoms with Gasteiger partial charge < -0.3 is 14.4 Å². The van der Waals surface area contributed by atoms with Gasteiger partial charge in [-0.2, -0.15) is 0 Å². The number of benzene rings is 2. The molecule has 0 unspecified atom stereocenters. The first kappa shape index (κ1) is 20.0. The largest absolute Gasteiger partial charge is 0.491 e. The van der Waals surface area contributed by atoms with Crippen molar-refractivity contribution >= 4 is 17.5 Å². The summed E-state index contributed by atoms with van der Waals surface area (Å²) >= 11 is 1.30. The highest BCUT2D eigenvalue weighted by atomic mass is 32.2. The Bertz CT molecular complexity index is 977. The maximum absolute atomic E-state index is 14.0. The summed E-state index contributed by atoms with van der Waals surface area (Å²) in [6, 6.07) is 13.2. The number of nitrogens with zero attached hydrogens (tertiary/aromatic N) is 3.